The lowest BCUT2D eigenvalue weighted by atomic mass is 10.0. The smallest absolute Gasteiger partial charge is 0.145 e. The molecule has 1 unspecified atom stereocenters. The van der Waals surface area contributed by atoms with E-state index < -0.39 is 0 Å². The number of rotatable bonds is 6. The van der Waals surface area contributed by atoms with Gasteiger partial charge < -0.3 is 0 Å². The lowest BCUT2D eigenvalue weighted by molar-refractivity contribution is 0.492. The van der Waals surface area contributed by atoms with Crippen molar-refractivity contribution in [2.45, 2.75) is 32.2 Å². The Morgan fingerprint density at radius 2 is 2.19 bits per heavy atom. The minimum absolute atomic E-state index is 0.0851. The van der Waals surface area contributed by atoms with Crippen molar-refractivity contribution in [1.29, 1.82) is 0 Å². The van der Waals surface area contributed by atoms with Gasteiger partial charge in [-0.3, -0.25) is 16.0 Å². The summed E-state index contributed by atoms with van der Waals surface area (Å²) in [7, 11) is 1.90. The normalized spacial score (nSPS) is 12.6. The van der Waals surface area contributed by atoms with Gasteiger partial charge in [0, 0.05) is 25.2 Å². The number of nitrogens with two attached hydrogens (primary N) is 1. The number of hydrogen-bond donors (Lipinski definition) is 2. The number of hydrogen-bond acceptors (Lipinski definition) is 3. The van der Waals surface area contributed by atoms with Crippen molar-refractivity contribution in [1.82, 2.24) is 15.2 Å². The summed E-state index contributed by atoms with van der Waals surface area (Å²) < 4.78 is 15.8. The molecule has 0 radical (unpaired) electrons. The molecule has 2 aromatic rings. The Hall–Kier alpha value is -1.43. The fraction of sp³-hybridized carbons (Fsp3) is 0.400. The number of aryl methyl sites for hydroxylation is 2. The molecule has 1 heterocycles. The second-order valence-electron chi connectivity index (χ2n) is 5.09. The van der Waals surface area contributed by atoms with Gasteiger partial charge in [0.2, 0.25) is 0 Å². The Balaban J connectivity index is 2.13. The monoisotopic (exact) mass is 310 g/mol. The lowest BCUT2D eigenvalue weighted by Gasteiger charge is -2.16. The van der Waals surface area contributed by atoms with Crippen LogP contribution in [0.3, 0.4) is 0 Å². The maximum Gasteiger partial charge on any atom is 0.145 e. The average molecular weight is 311 g/mol. The van der Waals surface area contributed by atoms with Gasteiger partial charge in [0.15, 0.2) is 0 Å². The highest BCUT2D eigenvalue weighted by Gasteiger charge is 2.15. The van der Waals surface area contributed by atoms with Crippen LogP contribution in [0.4, 0.5) is 4.39 Å². The Labute approximate surface area is 129 Å². The van der Waals surface area contributed by atoms with Gasteiger partial charge in [0.05, 0.1) is 10.7 Å². The molecule has 3 N–H and O–H groups in total. The molecule has 0 aliphatic carbocycles. The van der Waals surface area contributed by atoms with Gasteiger partial charge in [0.25, 0.3) is 0 Å². The lowest BCUT2D eigenvalue weighted by Crippen LogP contribution is -2.39. The topological polar surface area (TPSA) is 55.9 Å². The van der Waals surface area contributed by atoms with E-state index in [4.69, 9.17) is 17.4 Å². The molecule has 0 bridgehead atoms. The molecule has 0 fully saturated rings. The molecular weight excluding hydrogens is 291 g/mol. The van der Waals surface area contributed by atoms with Crippen LogP contribution in [0.2, 0.25) is 5.02 Å². The molecule has 1 atom stereocenters. The zero-order valence-corrected chi connectivity index (χ0v) is 13.0. The van der Waals surface area contributed by atoms with E-state index in [-0.39, 0.29) is 16.9 Å². The van der Waals surface area contributed by atoms with Gasteiger partial charge in [-0.2, -0.15) is 5.10 Å². The molecular formula is C15H20ClFN4. The van der Waals surface area contributed by atoms with Crippen molar-refractivity contribution in [3.05, 3.63) is 52.1 Å². The van der Waals surface area contributed by atoms with E-state index in [0.717, 1.165) is 17.8 Å². The fourth-order valence-electron chi connectivity index (χ4n) is 2.35. The van der Waals surface area contributed by atoms with Gasteiger partial charge in [-0.25, -0.2) is 4.39 Å². The molecule has 6 heteroatoms. The first-order valence-electron chi connectivity index (χ1n) is 6.96. The highest BCUT2D eigenvalue weighted by Crippen LogP contribution is 2.20. The predicted octanol–water partition coefficient (Wildman–Crippen LogP) is 2.39. The van der Waals surface area contributed by atoms with Crippen LogP contribution in [0.5, 0.6) is 0 Å². The third kappa shape index (κ3) is 3.81. The summed E-state index contributed by atoms with van der Waals surface area (Å²) in [5, 5.41) is 4.54. The second-order valence-corrected chi connectivity index (χ2v) is 5.50. The van der Waals surface area contributed by atoms with Crippen LogP contribution in [0.1, 0.15) is 23.9 Å². The number of nitrogens with zero attached hydrogens (tertiary/aromatic N) is 2. The van der Waals surface area contributed by atoms with Crippen LogP contribution in [-0.4, -0.2) is 15.8 Å². The van der Waals surface area contributed by atoms with Gasteiger partial charge in [-0.05, 0) is 30.5 Å². The first-order valence-corrected chi connectivity index (χ1v) is 7.33. The zero-order valence-electron chi connectivity index (χ0n) is 12.2. The first-order chi connectivity index (χ1) is 10.0. The number of hydrazine groups is 1. The Morgan fingerprint density at radius 1 is 1.43 bits per heavy atom. The Kier molecular flexibility index (Phi) is 5.33. The quantitative estimate of drug-likeness (QED) is 0.636. The van der Waals surface area contributed by atoms with E-state index in [1.165, 1.54) is 0 Å². The van der Waals surface area contributed by atoms with Crippen LogP contribution in [-0.2, 0) is 26.3 Å². The maximum atomic E-state index is 14.0. The highest BCUT2D eigenvalue weighted by atomic mass is 35.5. The van der Waals surface area contributed by atoms with E-state index in [0.29, 0.717) is 18.4 Å². The average Bonchev–Trinajstić information content (AvgIpc) is 2.83. The summed E-state index contributed by atoms with van der Waals surface area (Å²) in [5.41, 5.74) is 5.41. The predicted molar refractivity (Wildman–Crippen MR) is 82.5 cm³/mol. The molecule has 114 valence electrons. The van der Waals surface area contributed by atoms with Gasteiger partial charge >= 0.3 is 0 Å². The van der Waals surface area contributed by atoms with E-state index in [1.807, 2.05) is 11.7 Å². The zero-order chi connectivity index (χ0) is 15.4. The summed E-state index contributed by atoms with van der Waals surface area (Å²) in [5.74, 6) is 5.23. The fourth-order valence-corrected chi connectivity index (χ4v) is 2.54. The Bertz CT molecular complexity index is 612. The van der Waals surface area contributed by atoms with Gasteiger partial charge in [0.1, 0.15) is 5.82 Å². The highest BCUT2D eigenvalue weighted by molar-refractivity contribution is 6.30. The molecule has 0 saturated carbocycles. The Morgan fingerprint density at radius 3 is 2.81 bits per heavy atom. The number of benzene rings is 1. The molecule has 2 rings (SSSR count). The number of halogens is 2. The number of nitrogens with one attached hydrogen (secondary N) is 1. The van der Waals surface area contributed by atoms with Crippen molar-refractivity contribution < 1.29 is 4.39 Å². The molecule has 1 aromatic heterocycles. The van der Waals surface area contributed by atoms with Crippen molar-refractivity contribution in [3.8, 4) is 0 Å². The molecule has 0 aliphatic rings. The van der Waals surface area contributed by atoms with Gasteiger partial charge in [-0.1, -0.05) is 30.7 Å². The first kappa shape index (κ1) is 15.9. The SMILES string of the molecule is CCc1cc(CC(Cc2cccc(Cl)c2F)NN)n(C)n1. The second kappa shape index (κ2) is 7.02. The molecule has 21 heavy (non-hydrogen) atoms. The number of aromatic nitrogens is 2. The molecule has 0 spiro atoms. The minimum Gasteiger partial charge on any atom is -0.272 e. The minimum atomic E-state index is -0.376. The van der Waals surface area contributed by atoms with Crippen molar-refractivity contribution in [3.63, 3.8) is 0 Å². The van der Waals surface area contributed by atoms with E-state index in [9.17, 15) is 4.39 Å². The molecule has 0 aliphatic heterocycles. The van der Waals surface area contributed by atoms with Crippen LogP contribution < -0.4 is 11.3 Å². The van der Waals surface area contributed by atoms with E-state index in [1.54, 1.807) is 18.2 Å². The van der Waals surface area contributed by atoms with Crippen molar-refractivity contribution in [2.75, 3.05) is 0 Å². The van der Waals surface area contributed by atoms with Crippen molar-refractivity contribution >= 4 is 11.6 Å². The van der Waals surface area contributed by atoms with Gasteiger partial charge in [-0.15, -0.1) is 0 Å². The van der Waals surface area contributed by atoms with Crippen molar-refractivity contribution in [2.24, 2.45) is 12.9 Å². The summed E-state index contributed by atoms with van der Waals surface area (Å²) in [6.45, 7) is 2.06. The largest absolute Gasteiger partial charge is 0.272 e. The standard InChI is InChI=1S/C15H20ClFN4/c1-3-11-8-13(21(2)20-11)9-12(19-18)7-10-5-4-6-14(16)15(10)17/h4-6,8,12,19H,3,7,9,18H2,1-2H3. The van der Waals surface area contributed by atoms with Crippen LogP contribution in [0, 0.1) is 5.82 Å². The maximum absolute atomic E-state index is 14.0. The summed E-state index contributed by atoms with van der Waals surface area (Å²) in [4.78, 5) is 0. The van der Waals surface area contributed by atoms with E-state index >= 15 is 0 Å². The summed E-state index contributed by atoms with van der Waals surface area (Å²) in [6.07, 6.45) is 2.03. The van der Waals surface area contributed by atoms with E-state index in [2.05, 4.69) is 23.5 Å². The molecule has 0 saturated heterocycles. The molecule has 1 aromatic carbocycles. The van der Waals surface area contributed by atoms with Crippen LogP contribution >= 0.6 is 11.6 Å². The molecule has 4 nitrogen and oxygen atoms in total. The third-order valence-electron chi connectivity index (χ3n) is 3.58. The van der Waals surface area contributed by atoms with Crippen LogP contribution in [0.25, 0.3) is 0 Å². The third-order valence-corrected chi connectivity index (χ3v) is 3.87. The molecule has 0 amide bonds. The summed E-state index contributed by atoms with van der Waals surface area (Å²) in [6, 6.07) is 6.98. The van der Waals surface area contributed by atoms with Crippen LogP contribution in [0.15, 0.2) is 24.3 Å². The summed E-state index contributed by atoms with van der Waals surface area (Å²) >= 11 is 5.81.